The van der Waals surface area contributed by atoms with E-state index in [0.29, 0.717) is 0 Å². The quantitative estimate of drug-likeness (QED) is 0.271. The van der Waals surface area contributed by atoms with Crippen LogP contribution in [0.15, 0.2) is 108 Å². The van der Waals surface area contributed by atoms with Gasteiger partial charge in [0.2, 0.25) is 0 Å². The van der Waals surface area contributed by atoms with Crippen molar-refractivity contribution in [1.82, 2.24) is 4.98 Å². The molecule has 0 radical (unpaired) electrons. The molecule has 1 aromatic heterocycles. The highest BCUT2D eigenvalue weighted by molar-refractivity contribution is 6.13. The zero-order chi connectivity index (χ0) is 24.4. The van der Waals surface area contributed by atoms with E-state index < -0.39 is 0 Å². The van der Waals surface area contributed by atoms with Crippen molar-refractivity contribution < 1.29 is 0 Å². The highest BCUT2D eigenvalue weighted by Gasteiger charge is 2.39. The summed E-state index contributed by atoms with van der Waals surface area (Å²) in [6.07, 6.45) is 8.78. The summed E-state index contributed by atoms with van der Waals surface area (Å²) in [6, 6.07) is 27.7. The molecule has 0 spiro atoms. The average molecular weight is 467 g/mol. The molecule has 36 heavy (non-hydrogen) atoms. The van der Waals surface area contributed by atoms with Gasteiger partial charge in [-0.3, -0.25) is 4.79 Å². The number of hydrogen-bond acceptors (Lipinski definition) is 2. The molecule has 0 saturated carbocycles. The van der Waals surface area contributed by atoms with Gasteiger partial charge in [0.05, 0.1) is 16.9 Å². The van der Waals surface area contributed by atoms with E-state index in [1.807, 2.05) is 18.2 Å². The molecule has 0 amide bonds. The van der Waals surface area contributed by atoms with Gasteiger partial charge < -0.3 is 9.88 Å². The van der Waals surface area contributed by atoms with Crippen LogP contribution in [0.4, 0.5) is 11.4 Å². The molecule has 0 bridgehead atoms. The Balaban J connectivity index is 1.56. The molecule has 2 aliphatic rings. The number of nitrogens with zero attached hydrogens (tertiary/aromatic N) is 1. The Kier molecular flexibility index (Phi) is 4.55. The predicted octanol–water partition coefficient (Wildman–Crippen LogP) is 7.70. The molecule has 2 atom stereocenters. The summed E-state index contributed by atoms with van der Waals surface area (Å²) < 4.78 is 0. The number of fused-ring (bicyclic) bond motifs is 7. The standard InChI is InChI=1S/C33H26N2O/c1-20-10-6-7-13-23(20)29-21(2)16-17-24-25-18-19-28-30(32(25)34-33(36)31(24)29)26-14-8-9-15-27(26)35(28)22-11-4-3-5-12-22/h3-19,26-27H,1-2H3,(H,34,36). The van der Waals surface area contributed by atoms with Crippen LogP contribution in [-0.4, -0.2) is 11.0 Å². The van der Waals surface area contributed by atoms with Gasteiger partial charge in [-0.15, -0.1) is 0 Å². The van der Waals surface area contributed by atoms with Crippen LogP contribution in [0.3, 0.4) is 0 Å². The first-order chi connectivity index (χ1) is 17.6. The van der Waals surface area contributed by atoms with E-state index in [9.17, 15) is 4.79 Å². The van der Waals surface area contributed by atoms with Gasteiger partial charge in [0.1, 0.15) is 0 Å². The second kappa shape index (κ2) is 7.82. The topological polar surface area (TPSA) is 36.1 Å². The third-order valence-electron chi connectivity index (χ3n) is 7.84. The summed E-state index contributed by atoms with van der Waals surface area (Å²) in [4.78, 5) is 19.6. The molecule has 3 nitrogen and oxygen atoms in total. The third-order valence-corrected chi connectivity index (χ3v) is 7.84. The maximum absolute atomic E-state index is 13.9. The van der Waals surface area contributed by atoms with Crippen molar-refractivity contribution in [2.45, 2.75) is 25.8 Å². The number of aromatic nitrogens is 1. The fourth-order valence-corrected chi connectivity index (χ4v) is 6.23. The number of para-hydroxylation sites is 1. The van der Waals surface area contributed by atoms with Gasteiger partial charge in [-0.2, -0.15) is 0 Å². The lowest BCUT2D eigenvalue weighted by molar-refractivity contribution is 0.746. The zero-order valence-electron chi connectivity index (χ0n) is 20.3. The van der Waals surface area contributed by atoms with Crippen molar-refractivity contribution in [1.29, 1.82) is 0 Å². The molecule has 1 aliphatic heterocycles. The lowest BCUT2D eigenvalue weighted by Crippen LogP contribution is -2.28. The molecule has 174 valence electrons. The number of nitrogens with one attached hydrogen (secondary N) is 1. The Labute approximate surface area is 210 Å². The number of aromatic amines is 1. The Hall–Kier alpha value is -4.37. The summed E-state index contributed by atoms with van der Waals surface area (Å²) in [5.74, 6) is 0.170. The van der Waals surface area contributed by atoms with Crippen LogP contribution in [0, 0.1) is 13.8 Å². The van der Waals surface area contributed by atoms with Gasteiger partial charge in [-0.05, 0) is 59.7 Å². The second-order valence-electron chi connectivity index (χ2n) is 9.86. The summed E-state index contributed by atoms with van der Waals surface area (Å²) in [5.41, 5.74) is 8.84. The number of aryl methyl sites for hydroxylation is 2. The molecule has 5 aromatic rings. The van der Waals surface area contributed by atoms with Gasteiger partial charge in [-0.1, -0.05) is 85.0 Å². The molecule has 0 fully saturated rings. The minimum absolute atomic E-state index is 0.0297. The molecule has 4 aromatic carbocycles. The van der Waals surface area contributed by atoms with Crippen molar-refractivity contribution in [3.05, 3.63) is 130 Å². The first-order valence-corrected chi connectivity index (χ1v) is 12.5. The van der Waals surface area contributed by atoms with Crippen LogP contribution in [0.1, 0.15) is 22.6 Å². The number of allylic oxidation sites excluding steroid dienone is 2. The first-order valence-electron chi connectivity index (χ1n) is 12.5. The molecule has 3 heteroatoms. The van der Waals surface area contributed by atoms with Crippen LogP contribution in [0.2, 0.25) is 0 Å². The fraction of sp³-hybridized carbons (Fsp3) is 0.121. The first kappa shape index (κ1) is 21.0. The highest BCUT2D eigenvalue weighted by atomic mass is 16.1. The van der Waals surface area contributed by atoms with Crippen LogP contribution in [-0.2, 0) is 0 Å². The van der Waals surface area contributed by atoms with Gasteiger partial charge >= 0.3 is 0 Å². The number of hydrogen-bond donors (Lipinski definition) is 1. The van der Waals surface area contributed by atoms with Gasteiger partial charge in [0.15, 0.2) is 0 Å². The van der Waals surface area contributed by atoms with E-state index in [1.54, 1.807) is 0 Å². The number of H-pyrrole nitrogens is 1. The number of benzene rings is 4. The van der Waals surface area contributed by atoms with Gasteiger partial charge in [-0.25, -0.2) is 0 Å². The van der Waals surface area contributed by atoms with Crippen LogP contribution >= 0.6 is 0 Å². The fourth-order valence-electron chi connectivity index (χ4n) is 6.23. The van der Waals surface area contributed by atoms with E-state index >= 15 is 0 Å². The second-order valence-corrected chi connectivity index (χ2v) is 9.86. The minimum atomic E-state index is -0.0297. The highest BCUT2D eigenvalue weighted by Crippen LogP contribution is 2.50. The third kappa shape index (κ3) is 2.89. The van der Waals surface area contributed by atoms with Gasteiger partial charge in [0.25, 0.3) is 5.56 Å². The normalized spacial score (nSPS) is 18.1. The smallest absolute Gasteiger partial charge is 0.256 e. The van der Waals surface area contributed by atoms with E-state index in [4.69, 9.17) is 0 Å². The Morgan fingerprint density at radius 2 is 1.50 bits per heavy atom. The van der Waals surface area contributed by atoms with Crippen molar-refractivity contribution in [3.63, 3.8) is 0 Å². The molecule has 2 heterocycles. The maximum Gasteiger partial charge on any atom is 0.256 e. The molecule has 7 rings (SSSR count). The summed E-state index contributed by atoms with van der Waals surface area (Å²) in [6.45, 7) is 4.20. The van der Waals surface area contributed by atoms with Crippen molar-refractivity contribution in [2.24, 2.45) is 0 Å². The monoisotopic (exact) mass is 466 g/mol. The van der Waals surface area contributed by atoms with Crippen LogP contribution in [0.25, 0.3) is 32.8 Å². The SMILES string of the molecule is Cc1ccccc1-c1c(C)ccc2c1c(=O)[nH]c1c3c(ccc12)N(c1ccccc1)C1C=CC=CC31. The largest absolute Gasteiger partial charge is 0.333 e. The molecule has 1 N–H and O–H groups in total. The van der Waals surface area contributed by atoms with Crippen LogP contribution in [0.5, 0.6) is 0 Å². The zero-order valence-corrected chi connectivity index (χ0v) is 20.3. The molecule has 0 saturated heterocycles. The lowest BCUT2D eigenvalue weighted by Gasteiger charge is -2.28. The number of anilines is 2. The lowest BCUT2D eigenvalue weighted by atomic mass is 9.87. The van der Waals surface area contributed by atoms with E-state index in [2.05, 4.69) is 109 Å². The average Bonchev–Trinajstić information content (AvgIpc) is 3.25. The van der Waals surface area contributed by atoms with Crippen molar-refractivity contribution >= 4 is 33.1 Å². The Bertz CT molecular complexity index is 1790. The molecular formula is C33H26N2O. The van der Waals surface area contributed by atoms with E-state index in [1.165, 1.54) is 11.1 Å². The number of rotatable bonds is 2. The number of pyridine rings is 1. The minimum Gasteiger partial charge on any atom is -0.333 e. The predicted molar refractivity (Wildman–Crippen MR) is 150 cm³/mol. The summed E-state index contributed by atoms with van der Waals surface area (Å²) >= 11 is 0. The maximum atomic E-state index is 13.9. The van der Waals surface area contributed by atoms with E-state index in [0.717, 1.165) is 49.7 Å². The molecule has 1 aliphatic carbocycles. The van der Waals surface area contributed by atoms with E-state index in [-0.39, 0.29) is 17.5 Å². The molecule has 2 unspecified atom stereocenters. The van der Waals surface area contributed by atoms with Crippen molar-refractivity contribution in [3.8, 4) is 11.1 Å². The Morgan fingerprint density at radius 3 is 2.33 bits per heavy atom. The van der Waals surface area contributed by atoms with Crippen molar-refractivity contribution in [2.75, 3.05) is 4.90 Å². The Morgan fingerprint density at radius 1 is 0.750 bits per heavy atom. The summed E-state index contributed by atoms with van der Waals surface area (Å²) in [5, 5.41) is 2.87. The van der Waals surface area contributed by atoms with Gasteiger partial charge in [0, 0.05) is 28.2 Å². The summed E-state index contributed by atoms with van der Waals surface area (Å²) in [7, 11) is 0. The molecular weight excluding hydrogens is 440 g/mol. The van der Waals surface area contributed by atoms with Crippen LogP contribution < -0.4 is 10.5 Å².